The van der Waals surface area contributed by atoms with Crippen molar-refractivity contribution in [3.05, 3.63) is 24.0 Å². The summed E-state index contributed by atoms with van der Waals surface area (Å²) in [6.07, 6.45) is 0. The van der Waals surface area contributed by atoms with Crippen LogP contribution in [0.25, 0.3) is 0 Å². The van der Waals surface area contributed by atoms with E-state index in [9.17, 15) is 4.39 Å². The van der Waals surface area contributed by atoms with Crippen LogP contribution in [-0.4, -0.2) is 49.3 Å². The zero-order valence-electron chi connectivity index (χ0n) is 9.35. The lowest BCUT2D eigenvalue weighted by molar-refractivity contribution is 0.252. The van der Waals surface area contributed by atoms with Crippen molar-refractivity contribution in [3.63, 3.8) is 0 Å². The fourth-order valence-electron chi connectivity index (χ4n) is 1.13. The van der Waals surface area contributed by atoms with Crippen LogP contribution in [0, 0.1) is 5.82 Å². The number of halogens is 1. The van der Waals surface area contributed by atoms with E-state index in [1.54, 1.807) is 0 Å². The maximum absolute atomic E-state index is 13.3. The van der Waals surface area contributed by atoms with Crippen molar-refractivity contribution in [3.8, 4) is 5.75 Å². The Balaban J connectivity index is 2.67. The van der Waals surface area contributed by atoms with Crippen molar-refractivity contribution in [2.45, 2.75) is 0 Å². The van der Waals surface area contributed by atoms with Gasteiger partial charge in [0.05, 0.1) is 0 Å². The van der Waals surface area contributed by atoms with E-state index in [2.05, 4.69) is 0 Å². The number of ether oxygens (including phenoxy) is 1. The van der Waals surface area contributed by atoms with Crippen LogP contribution in [-0.2, 0) is 0 Å². The smallest absolute Gasteiger partial charge is 0.488 e. The third-order valence-corrected chi connectivity index (χ3v) is 2.05. The highest BCUT2D eigenvalue weighted by atomic mass is 19.1. The van der Waals surface area contributed by atoms with Crippen molar-refractivity contribution in [1.29, 1.82) is 0 Å². The van der Waals surface area contributed by atoms with Crippen molar-refractivity contribution in [2.75, 3.05) is 27.2 Å². The monoisotopic (exact) mass is 227 g/mol. The van der Waals surface area contributed by atoms with Crippen LogP contribution >= 0.6 is 0 Å². The van der Waals surface area contributed by atoms with Gasteiger partial charge >= 0.3 is 7.12 Å². The van der Waals surface area contributed by atoms with Gasteiger partial charge in [-0.05, 0) is 31.7 Å². The molecule has 0 saturated heterocycles. The number of hydrogen-bond donors (Lipinski definition) is 2. The number of nitrogens with zero attached hydrogens (tertiary/aromatic N) is 1. The van der Waals surface area contributed by atoms with E-state index in [0.29, 0.717) is 13.2 Å². The normalized spacial score (nSPS) is 10.6. The summed E-state index contributed by atoms with van der Waals surface area (Å²) in [5.74, 6) is -0.476. The molecule has 0 atom stereocenters. The van der Waals surface area contributed by atoms with Crippen molar-refractivity contribution in [2.24, 2.45) is 0 Å². The van der Waals surface area contributed by atoms with Crippen LogP contribution in [0.1, 0.15) is 0 Å². The molecule has 0 heterocycles. The van der Waals surface area contributed by atoms with E-state index in [0.717, 1.165) is 6.07 Å². The molecule has 0 aliphatic carbocycles. The predicted octanol–water partition coefficient (Wildman–Crippen LogP) is -0.554. The molecule has 0 saturated carbocycles. The zero-order valence-corrected chi connectivity index (χ0v) is 9.35. The van der Waals surface area contributed by atoms with E-state index in [4.69, 9.17) is 14.8 Å². The molecule has 16 heavy (non-hydrogen) atoms. The molecule has 0 spiro atoms. The van der Waals surface area contributed by atoms with Crippen LogP contribution in [0.3, 0.4) is 0 Å². The van der Waals surface area contributed by atoms with Crippen LogP contribution in [0.4, 0.5) is 4.39 Å². The van der Waals surface area contributed by atoms with Gasteiger partial charge in [-0.1, -0.05) is 6.07 Å². The molecular weight excluding hydrogens is 212 g/mol. The number of likely N-dealkylation sites (N-methyl/N-ethyl adjacent to an activating group) is 1. The van der Waals surface area contributed by atoms with Crippen molar-refractivity contribution < 1.29 is 19.2 Å². The zero-order chi connectivity index (χ0) is 12.1. The van der Waals surface area contributed by atoms with Crippen LogP contribution in [0.15, 0.2) is 18.2 Å². The molecule has 4 nitrogen and oxygen atoms in total. The summed E-state index contributed by atoms with van der Waals surface area (Å²) in [5, 5.41) is 17.8. The summed E-state index contributed by atoms with van der Waals surface area (Å²) >= 11 is 0. The Bertz CT molecular complexity index is 347. The maximum Gasteiger partial charge on any atom is 0.488 e. The predicted molar refractivity (Wildman–Crippen MR) is 60.3 cm³/mol. The maximum atomic E-state index is 13.3. The molecule has 2 N–H and O–H groups in total. The van der Waals surface area contributed by atoms with Gasteiger partial charge in [-0.3, -0.25) is 0 Å². The van der Waals surface area contributed by atoms with Gasteiger partial charge < -0.3 is 19.7 Å². The Labute approximate surface area is 94.4 Å². The van der Waals surface area contributed by atoms with E-state index in [1.807, 2.05) is 19.0 Å². The molecule has 1 aromatic carbocycles. The first-order valence-corrected chi connectivity index (χ1v) is 4.94. The Morgan fingerprint density at radius 1 is 1.38 bits per heavy atom. The second kappa shape index (κ2) is 5.84. The van der Waals surface area contributed by atoms with E-state index >= 15 is 0 Å². The molecule has 0 amide bonds. The molecule has 6 heteroatoms. The van der Waals surface area contributed by atoms with Gasteiger partial charge in [-0.25, -0.2) is 4.39 Å². The molecule has 0 radical (unpaired) electrons. The Hall–Kier alpha value is -1.11. The first-order valence-electron chi connectivity index (χ1n) is 4.94. The van der Waals surface area contributed by atoms with Crippen LogP contribution in [0.2, 0.25) is 0 Å². The fourth-order valence-corrected chi connectivity index (χ4v) is 1.13. The average Bonchev–Trinajstić information content (AvgIpc) is 2.20. The van der Waals surface area contributed by atoms with Crippen LogP contribution < -0.4 is 10.2 Å². The number of rotatable bonds is 5. The summed E-state index contributed by atoms with van der Waals surface area (Å²) in [4.78, 5) is 1.91. The first-order chi connectivity index (χ1) is 7.50. The standard InChI is InChI=1S/C10H15BFNO3/c1-13(2)5-6-16-10-7-8(11(14)15)3-4-9(10)12/h3-4,7,14-15H,5-6H2,1-2H3. The molecule has 0 bridgehead atoms. The summed E-state index contributed by atoms with van der Waals surface area (Å²) < 4.78 is 18.5. The van der Waals surface area contributed by atoms with Gasteiger partial charge in [0.2, 0.25) is 0 Å². The molecule has 0 aliphatic heterocycles. The minimum Gasteiger partial charge on any atom is -0.489 e. The second-order valence-corrected chi connectivity index (χ2v) is 3.72. The summed E-state index contributed by atoms with van der Waals surface area (Å²) in [5.41, 5.74) is 0.209. The highest BCUT2D eigenvalue weighted by Crippen LogP contribution is 2.14. The minimum atomic E-state index is -1.61. The highest BCUT2D eigenvalue weighted by molar-refractivity contribution is 6.58. The highest BCUT2D eigenvalue weighted by Gasteiger charge is 2.14. The topological polar surface area (TPSA) is 52.9 Å². The Morgan fingerprint density at radius 3 is 2.62 bits per heavy atom. The Kier molecular flexibility index (Phi) is 4.73. The fraction of sp³-hybridized carbons (Fsp3) is 0.400. The number of hydrogen-bond acceptors (Lipinski definition) is 4. The summed E-state index contributed by atoms with van der Waals surface area (Å²) in [6.45, 7) is 1.00. The lowest BCUT2D eigenvalue weighted by Crippen LogP contribution is -2.30. The van der Waals surface area contributed by atoms with Crippen molar-refractivity contribution >= 4 is 12.6 Å². The lowest BCUT2D eigenvalue weighted by Gasteiger charge is -2.12. The molecule has 1 aromatic rings. The molecule has 1 rings (SSSR count). The largest absolute Gasteiger partial charge is 0.489 e. The quantitative estimate of drug-likeness (QED) is 0.662. The van der Waals surface area contributed by atoms with E-state index in [1.165, 1.54) is 12.1 Å². The molecule has 0 fully saturated rings. The van der Waals surface area contributed by atoms with Gasteiger partial charge in [0, 0.05) is 6.54 Å². The average molecular weight is 227 g/mol. The van der Waals surface area contributed by atoms with E-state index in [-0.39, 0.29) is 11.2 Å². The first kappa shape index (κ1) is 13.0. The molecular formula is C10H15BFNO3. The van der Waals surface area contributed by atoms with Gasteiger partial charge in [-0.15, -0.1) is 0 Å². The molecule has 88 valence electrons. The van der Waals surface area contributed by atoms with Gasteiger partial charge in [0.25, 0.3) is 0 Å². The summed E-state index contributed by atoms with van der Waals surface area (Å²) in [6, 6.07) is 3.74. The third-order valence-electron chi connectivity index (χ3n) is 2.05. The number of benzene rings is 1. The molecule has 0 unspecified atom stereocenters. The lowest BCUT2D eigenvalue weighted by atomic mass is 9.80. The van der Waals surface area contributed by atoms with Gasteiger partial charge in [0.1, 0.15) is 6.61 Å². The van der Waals surface area contributed by atoms with E-state index < -0.39 is 12.9 Å². The van der Waals surface area contributed by atoms with Crippen LogP contribution in [0.5, 0.6) is 5.75 Å². The van der Waals surface area contributed by atoms with Gasteiger partial charge in [-0.2, -0.15) is 0 Å². The van der Waals surface area contributed by atoms with Gasteiger partial charge in [0.15, 0.2) is 11.6 Å². The Morgan fingerprint density at radius 2 is 2.06 bits per heavy atom. The molecule has 0 aromatic heterocycles. The third kappa shape index (κ3) is 3.81. The van der Waals surface area contributed by atoms with Crippen molar-refractivity contribution in [1.82, 2.24) is 4.90 Å². The second-order valence-electron chi connectivity index (χ2n) is 3.72. The summed E-state index contributed by atoms with van der Waals surface area (Å²) in [7, 11) is 2.15. The SMILES string of the molecule is CN(C)CCOc1cc(B(O)O)ccc1F. The minimum absolute atomic E-state index is 0.0347. The molecule has 0 aliphatic rings.